The standard InChI is InChI=1S/C19H18ClN3O3/c1-25-15-8-11(20)7-13(19(15)26-2)12-9-17(24)21-10-14-18(12)23-6-4-3-5-16(23)22-14/h3-8,12H,9-10H2,1-2H3,(H,21,24)/t12-/m1/s1. The number of amides is 1. The van der Waals surface area contributed by atoms with Crippen LogP contribution in [-0.4, -0.2) is 29.5 Å². The first-order chi connectivity index (χ1) is 12.6. The van der Waals surface area contributed by atoms with Gasteiger partial charge in [0.05, 0.1) is 32.2 Å². The molecule has 1 aliphatic rings. The first kappa shape index (κ1) is 16.7. The topological polar surface area (TPSA) is 64.9 Å². The van der Waals surface area contributed by atoms with E-state index in [1.807, 2.05) is 34.9 Å². The summed E-state index contributed by atoms with van der Waals surface area (Å²) < 4.78 is 13.1. The summed E-state index contributed by atoms with van der Waals surface area (Å²) in [5.74, 6) is 0.814. The summed E-state index contributed by atoms with van der Waals surface area (Å²) in [6, 6.07) is 9.37. The molecule has 134 valence electrons. The average Bonchev–Trinajstić information content (AvgIpc) is 2.93. The lowest BCUT2D eigenvalue weighted by atomic mass is 9.90. The van der Waals surface area contributed by atoms with Gasteiger partial charge in [-0.15, -0.1) is 0 Å². The van der Waals surface area contributed by atoms with Crippen LogP contribution in [0.25, 0.3) is 5.65 Å². The third-order valence-electron chi connectivity index (χ3n) is 4.66. The monoisotopic (exact) mass is 371 g/mol. The highest BCUT2D eigenvalue weighted by molar-refractivity contribution is 6.30. The Balaban J connectivity index is 2.00. The van der Waals surface area contributed by atoms with Gasteiger partial charge in [-0.05, 0) is 18.2 Å². The number of carbonyl (C=O) groups is 1. The molecule has 0 aliphatic carbocycles. The lowest BCUT2D eigenvalue weighted by Crippen LogP contribution is -2.21. The molecule has 4 rings (SSSR count). The zero-order valence-corrected chi connectivity index (χ0v) is 15.2. The van der Waals surface area contributed by atoms with Crippen molar-refractivity contribution in [3.05, 3.63) is 58.5 Å². The van der Waals surface area contributed by atoms with Crippen molar-refractivity contribution >= 4 is 23.2 Å². The van der Waals surface area contributed by atoms with Crippen LogP contribution in [0.4, 0.5) is 0 Å². The van der Waals surface area contributed by atoms with Crippen LogP contribution in [0.1, 0.15) is 29.3 Å². The number of hydrogen-bond donors (Lipinski definition) is 1. The summed E-state index contributed by atoms with van der Waals surface area (Å²) in [4.78, 5) is 17.0. The molecule has 0 saturated heterocycles. The van der Waals surface area contributed by atoms with Gasteiger partial charge in [0.2, 0.25) is 5.91 Å². The van der Waals surface area contributed by atoms with Crippen LogP contribution < -0.4 is 14.8 Å². The zero-order valence-electron chi connectivity index (χ0n) is 14.5. The Hall–Kier alpha value is -2.73. The molecule has 1 aromatic carbocycles. The lowest BCUT2D eigenvalue weighted by Gasteiger charge is -2.21. The second-order valence-corrected chi connectivity index (χ2v) is 6.57. The van der Waals surface area contributed by atoms with Crippen molar-refractivity contribution < 1.29 is 14.3 Å². The number of hydrogen-bond acceptors (Lipinski definition) is 4. The first-order valence-electron chi connectivity index (χ1n) is 8.26. The molecule has 1 amide bonds. The van der Waals surface area contributed by atoms with Crippen molar-refractivity contribution in [3.63, 3.8) is 0 Å². The molecule has 0 radical (unpaired) electrons. The number of fused-ring (bicyclic) bond motifs is 3. The Bertz CT molecular complexity index is 999. The van der Waals surface area contributed by atoms with E-state index in [0.29, 0.717) is 23.1 Å². The van der Waals surface area contributed by atoms with Gasteiger partial charge in [0.25, 0.3) is 0 Å². The Morgan fingerprint density at radius 2 is 2.12 bits per heavy atom. The Morgan fingerprint density at radius 3 is 2.88 bits per heavy atom. The van der Waals surface area contributed by atoms with E-state index in [1.54, 1.807) is 20.3 Å². The quantitative estimate of drug-likeness (QED) is 0.768. The number of nitrogens with one attached hydrogen (secondary N) is 1. The SMILES string of the molecule is COc1cc(Cl)cc([C@H]2CC(=O)NCc3nc4ccccn4c32)c1OC. The minimum atomic E-state index is -0.257. The predicted molar refractivity (Wildman–Crippen MR) is 98.1 cm³/mol. The van der Waals surface area contributed by atoms with Crippen LogP contribution in [0, 0.1) is 0 Å². The molecule has 0 fully saturated rings. The largest absolute Gasteiger partial charge is 0.493 e. The van der Waals surface area contributed by atoms with E-state index in [0.717, 1.165) is 22.6 Å². The van der Waals surface area contributed by atoms with Crippen LogP contribution in [-0.2, 0) is 11.3 Å². The molecule has 0 unspecified atom stereocenters. The molecule has 3 aromatic rings. The number of nitrogens with zero attached hydrogens (tertiary/aromatic N) is 2. The van der Waals surface area contributed by atoms with E-state index in [-0.39, 0.29) is 18.2 Å². The summed E-state index contributed by atoms with van der Waals surface area (Å²) in [5, 5.41) is 3.45. The van der Waals surface area contributed by atoms with Gasteiger partial charge in [-0.1, -0.05) is 17.7 Å². The van der Waals surface area contributed by atoms with Gasteiger partial charge in [0.15, 0.2) is 11.5 Å². The van der Waals surface area contributed by atoms with Gasteiger partial charge in [0.1, 0.15) is 5.65 Å². The van der Waals surface area contributed by atoms with Crippen LogP contribution >= 0.6 is 11.6 Å². The maximum atomic E-state index is 12.4. The molecule has 0 spiro atoms. The molecule has 3 heterocycles. The number of carbonyl (C=O) groups excluding carboxylic acids is 1. The highest BCUT2D eigenvalue weighted by Crippen LogP contribution is 2.43. The molecule has 2 aromatic heterocycles. The maximum Gasteiger partial charge on any atom is 0.221 e. The number of imidazole rings is 1. The summed E-state index contributed by atoms with van der Waals surface area (Å²) in [5.41, 5.74) is 3.45. The average molecular weight is 372 g/mol. The number of halogens is 1. The van der Waals surface area contributed by atoms with Crippen LogP contribution in [0.15, 0.2) is 36.5 Å². The molecule has 7 heteroatoms. The number of pyridine rings is 1. The normalized spacial score (nSPS) is 16.7. The minimum Gasteiger partial charge on any atom is -0.493 e. The van der Waals surface area contributed by atoms with E-state index in [9.17, 15) is 4.79 Å². The maximum absolute atomic E-state index is 12.4. The van der Waals surface area contributed by atoms with Crippen molar-refractivity contribution in [2.75, 3.05) is 14.2 Å². The van der Waals surface area contributed by atoms with Crippen molar-refractivity contribution in [2.24, 2.45) is 0 Å². The molecule has 6 nitrogen and oxygen atoms in total. The van der Waals surface area contributed by atoms with Gasteiger partial charge in [0, 0.05) is 35.2 Å². The van der Waals surface area contributed by atoms with Crippen molar-refractivity contribution in [1.29, 1.82) is 0 Å². The Labute approximate surface area is 155 Å². The highest BCUT2D eigenvalue weighted by atomic mass is 35.5. The third-order valence-corrected chi connectivity index (χ3v) is 4.88. The van der Waals surface area contributed by atoms with Gasteiger partial charge in [-0.2, -0.15) is 0 Å². The minimum absolute atomic E-state index is 0.0429. The Morgan fingerprint density at radius 1 is 1.27 bits per heavy atom. The second kappa shape index (κ2) is 6.53. The van der Waals surface area contributed by atoms with Crippen molar-refractivity contribution in [1.82, 2.24) is 14.7 Å². The molecule has 1 atom stereocenters. The summed E-state index contributed by atoms with van der Waals surface area (Å²) in [6.45, 7) is 0.395. The number of aromatic nitrogens is 2. The highest BCUT2D eigenvalue weighted by Gasteiger charge is 2.32. The molecular formula is C19H18ClN3O3. The predicted octanol–water partition coefficient (Wildman–Crippen LogP) is 3.16. The van der Waals surface area contributed by atoms with E-state index >= 15 is 0 Å². The summed E-state index contributed by atoms with van der Waals surface area (Å²) in [6.07, 6.45) is 2.23. The van der Waals surface area contributed by atoms with Gasteiger partial charge < -0.3 is 19.2 Å². The molecule has 1 N–H and O–H groups in total. The van der Waals surface area contributed by atoms with Crippen molar-refractivity contribution in [3.8, 4) is 11.5 Å². The van der Waals surface area contributed by atoms with Crippen LogP contribution in [0.2, 0.25) is 5.02 Å². The Kier molecular flexibility index (Phi) is 4.20. The van der Waals surface area contributed by atoms with E-state index in [1.165, 1.54) is 0 Å². The van der Waals surface area contributed by atoms with E-state index in [2.05, 4.69) is 10.3 Å². The summed E-state index contributed by atoms with van der Waals surface area (Å²) >= 11 is 6.31. The number of methoxy groups -OCH3 is 2. The van der Waals surface area contributed by atoms with Gasteiger partial charge in [-0.25, -0.2) is 4.98 Å². The fourth-order valence-electron chi connectivity index (χ4n) is 3.57. The van der Waals surface area contributed by atoms with Crippen LogP contribution in [0.3, 0.4) is 0 Å². The number of benzene rings is 1. The molecule has 0 saturated carbocycles. The smallest absolute Gasteiger partial charge is 0.221 e. The zero-order chi connectivity index (χ0) is 18.3. The first-order valence-corrected chi connectivity index (χ1v) is 8.64. The fraction of sp³-hybridized carbons (Fsp3) is 0.263. The van der Waals surface area contributed by atoms with E-state index in [4.69, 9.17) is 21.1 Å². The van der Waals surface area contributed by atoms with Crippen molar-refractivity contribution in [2.45, 2.75) is 18.9 Å². The third kappa shape index (κ3) is 2.66. The van der Waals surface area contributed by atoms with E-state index < -0.39 is 0 Å². The molecule has 1 aliphatic heterocycles. The van der Waals surface area contributed by atoms with Gasteiger partial charge in [-0.3, -0.25) is 4.79 Å². The molecule has 26 heavy (non-hydrogen) atoms. The second-order valence-electron chi connectivity index (χ2n) is 6.14. The molecular weight excluding hydrogens is 354 g/mol. The number of ether oxygens (including phenoxy) is 2. The lowest BCUT2D eigenvalue weighted by molar-refractivity contribution is -0.121. The van der Waals surface area contributed by atoms with Gasteiger partial charge >= 0.3 is 0 Å². The number of rotatable bonds is 3. The van der Waals surface area contributed by atoms with Crippen LogP contribution in [0.5, 0.6) is 11.5 Å². The molecule has 0 bridgehead atoms. The summed E-state index contributed by atoms with van der Waals surface area (Å²) in [7, 11) is 3.15. The fourth-order valence-corrected chi connectivity index (χ4v) is 3.79.